The van der Waals surface area contributed by atoms with Crippen LogP contribution in [0.2, 0.25) is 5.15 Å². The second-order valence-corrected chi connectivity index (χ2v) is 4.14. The molecule has 0 unspecified atom stereocenters. The van der Waals surface area contributed by atoms with Gasteiger partial charge in [-0.3, -0.25) is 4.79 Å². The summed E-state index contributed by atoms with van der Waals surface area (Å²) in [6.45, 7) is 2.71. The molecule has 0 radical (unpaired) electrons. The Morgan fingerprint density at radius 2 is 2.11 bits per heavy atom. The van der Waals surface area contributed by atoms with E-state index >= 15 is 0 Å². The number of benzene rings is 1. The molecule has 2 N–H and O–H groups in total. The van der Waals surface area contributed by atoms with Crippen LogP contribution in [0, 0.1) is 0 Å². The zero-order chi connectivity index (χ0) is 13.7. The number of para-hydroxylation sites is 1. The molecule has 2 rings (SSSR count). The first-order chi connectivity index (χ1) is 9.20. The molecule has 1 aromatic carbocycles. The number of carbonyl (C=O) groups is 1. The number of hydrogen-bond acceptors (Lipinski definition) is 4. The maximum Gasteiger partial charge on any atom is 0.258 e. The fourth-order valence-corrected chi connectivity index (χ4v) is 1.76. The summed E-state index contributed by atoms with van der Waals surface area (Å²) in [5.41, 5.74) is 1.33. The third-order valence-corrected chi connectivity index (χ3v) is 2.62. The van der Waals surface area contributed by atoms with Gasteiger partial charge in [0.15, 0.2) is 0 Å². The second kappa shape index (κ2) is 6.15. The van der Waals surface area contributed by atoms with Gasteiger partial charge in [-0.05, 0) is 19.1 Å². The highest BCUT2D eigenvalue weighted by Gasteiger charge is 2.11. The van der Waals surface area contributed by atoms with Crippen LogP contribution < -0.4 is 10.6 Å². The van der Waals surface area contributed by atoms with E-state index in [9.17, 15) is 4.79 Å². The van der Waals surface area contributed by atoms with Crippen LogP contribution in [0.1, 0.15) is 17.3 Å². The molecule has 98 valence electrons. The number of rotatable bonds is 4. The van der Waals surface area contributed by atoms with Crippen molar-refractivity contribution in [1.82, 2.24) is 9.97 Å². The molecule has 0 aliphatic rings. The van der Waals surface area contributed by atoms with E-state index in [0.29, 0.717) is 11.4 Å². The Kier molecular flexibility index (Phi) is 4.30. The van der Waals surface area contributed by atoms with Crippen LogP contribution in [0.25, 0.3) is 0 Å². The van der Waals surface area contributed by atoms with Crippen molar-refractivity contribution in [3.05, 3.63) is 47.4 Å². The largest absolute Gasteiger partial charge is 0.385 e. The molecular formula is C13H13ClN4O. The first-order valence-electron chi connectivity index (χ1n) is 5.82. The standard InChI is InChI=1S/C13H13ClN4O/c1-2-15-10-6-4-3-5-9(10)13(19)18-12-7-11(14)16-8-17-12/h3-8,15H,2H2,1H3,(H,16,17,18,19). The Morgan fingerprint density at radius 3 is 2.84 bits per heavy atom. The Labute approximate surface area is 116 Å². The molecule has 0 bridgehead atoms. The van der Waals surface area contributed by atoms with Crippen LogP contribution in [0.3, 0.4) is 0 Å². The normalized spacial score (nSPS) is 10.0. The zero-order valence-corrected chi connectivity index (χ0v) is 11.1. The van der Waals surface area contributed by atoms with Crippen LogP contribution in [-0.2, 0) is 0 Å². The van der Waals surface area contributed by atoms with Crippen LogP contribution in [0.15, 0.2) is 36.7 Å². The maximum atomic E-state index is 12.2. The number of hydrogen-bond donors (Lipinski definition) is 2. The summed E-state index contributed by atoms with van der Waals surface area (Å²) < 4.78 is 0. The van der Waals surface area contributed by atoms with Gasteiger partial charge in [0, 0.05) is 18.3 Å². The van der Waals surface area contributed by atoms with Gasteiger partial charge in [-0.15, -0.1) is 0 Å². The van der Waals surface area contributed by atoms with E-state index in [1.165, 1.54) is 12.4 Å². The molecule has 0 aliphatic heterocycles. The third kappa shape index (κ3) is 3.42. The summed E-state index contributed by atoms with van der Waals surface area (Å²) in [4.78, 5) is 19.9. The van der Waals surface area contributed by atoms with E-state index in [-0.39, 0.29) is 11.1 Å². The van der Waals surface area contributed by atoms with E-state index in [4.69, 9.17) is 11.6 Å². The lowest BCUT2D eigenvalue weighted by molar-refractivity contribution is 0.102. The van der Waals surface area contributed by atoms with Crippen LogP contribution >= 0.6 is 11.6 Å². The van der Waals surface area contributed by atoms with Crippen molar-refractivity contribution in [2.45, 2.75) is 6.92 Å². The lowest BCUT2D eigenvalue weighted by atomic mass is 10.1. The van der Waals surface area contributed by atoms with Crippen LogP contribution in [-0.4, -0.2) is 22.4 Å². The van der Waals surface area contributed by atoms with Crippen molar-refractivity contribution in [3.63, 3.8) is 0 Å². The number of halogens is 1. The van der Waals surface area contributed by atoms with Gasteiger partial charge in [-0.25, -0.2) is 9.97 Å². The summed E-state index contributed by atoms with van der Waals surface area (Å²) >= 11 is 5.74. The molecule has 0 aliphatic carbocycles. The van der Waals surface area contributed by atoms with Crippen LogP contribution in [0.4, 0.5) is 11.5 Å². The predicted molar refractivity (Wildman–Crippen MR) is 75.6 cm³/mol. The molecule has 1 aromatic heterocycles. The number of amides is 1. The Balaban J connectivity index is 2.20. The van der Waals surface area contributed by atoms with Crippen molar-refractivity contribution >= 4 is 29.0 Å². The minimum Gasteiger partial charge on any atom is -0.385 e. The highest BCUT2D eigenvalue weighted by atomic mass is 35.5. The van der Waals surface area contributed by atoms with Crippen molar-refractivity contribution < 1.29 is 4.79 Å². The number of nitrogens with zero attached hydrogens (tertiary/aromatic N) is 2. The number of nitrogens with one attached hydrogen (secondary N) is 2. The molecule has 5 nitrogen and oxygen atoms in total. The number of carbonyl (C=O) groups excluding carboxylic acids is 1. The Morgan fingerprint density at radius 1 is 1.32 bits per heavy atom. The van der Waals surface area contributed by atoms with E-state index in [1.54, 1.807) is 6.07 Å². The summed E-state index contributed by atoms with van der Waals surface area (Å²) in [5, 5.41) is 6.10. The van der Waals surface area contributed by atoms with E-state index < -0.39 is 0 Å². The Bertz CT molecular complexity index is 588. The van der Waals surface area contributed by atoms with Gasteiger partial charge >= 0.3 is 0 Å². The molecule has 0 saturated heterocycles. The molecule has 1 amide bonds. The summed E-state index contributed by atoms with van der Waals surface area (Å²) in [7, 11) is 0. The van der Waals surface area contributed by atoms with E-state index in [2.05, 4.69) is 20.6 Å². The zero-order valence-electron chi connectivity index (χ0n) is 10.4. The molecule has 0 saturated carbocycles. The average Bonchev–Trinajstić information content (AvgIpc) is 2.39. The average molecular weight is 277 g/mol. The first-order valence-corrected chi connectivity index (χ1v) is 6.20. The molecule has 1 heterocycles. The van der Waals surface area contributed by atoms with E-state index in [0.717, 1.165) is 12.2 Å². The number of anilines is 2. The van der Waals surface area contributed by atoms with Gasteiger partial charge in [0.05, 0.1) is 5.56 Å². The lowest BCUT2D eigenvalue weighted by Gasteiger charge is -2.10. The third-order valence-electron chi connectivity index (χ3n) is 2.41. The van der Waals surface area contributed by atoms with Crippen molar-refractivity contribution in [3.8, 4) is 0 Å². The molecule has 0 fully saturated rings. The molecule has 0 spiro atoms. The quantitative estimate of drug-likeness (QED) is 0.843. The van der Waals surface area contributed by atoms with Gasteiger partial charge in [0.2, 0.25) is 0 Å². The molecule has 0 atom stereocenters. The predicted octanol–water partition coefficient (Wildman–Crippen LogP) is 2.81. The van der Waals surface area contributed by atoms with Gasteiger partial charge in [0.25, 0.3) is 5.91 Å². The van der Waals surface area contributed by atoms with Gasteiger partial charge in [0.1, 0.15) is 17.3 Å². The van der Waals surface area contributed by atoms with Crippen molar-refractivity contribution in [2.24, 2.45) is 0 Å². The van der Waals surface area contributed by atoms with Gasteiger partial charge in [-0.2, -0.15) is 0 Å². The molecule has 6 heteroatoms. The smallest absolute Gasteiger partial charge is 0.258 e. The minimum absolute atomic E-state index is 0.244. The second-order valence-electron chi connectivity index (χ2n) is 3.76. The van der Waals surface area contributed by atoms with Gasteiger partial charge in [-0.1, -0.05) is 23.7 Å². The first kappa shape index (κ1) is 13.3. The lowest BCUT2D eigenvalue weighted by Crippen LogP contribution is -2.15. The summed E-state index contributed by atoms with van der Waals surface area (Å²) in [6.07, 6.45) is 1.30. The molecule has 2 aromatic rings. The SMILES string of the molecule is CCNc1ccccc1C(=O)Nc1cc(Cl)ncn1. The van der Waals surface area contributed by atoms with Crippen molar-refractivity contribution in [2.75, 3.05) is 17.2 Å². The van der Waals surface area contributed by atoms with E-state index in [1.807, 2.05) is 25.1 Å². The summed E-state index contributed by atoms with van der Waals surface area (Å²) in [5.74, 6) is 0.127. The highest BCUT2D eigenvalue weighted by Crippen LogP contribution is 2.17. The van der Waals surface area contributed by atoms with Crippen molar-refractivity contribution in [1.29, 1.82) is 0 Å². The van der Waals surface area contributed by atoms with Crippen LogP contribution in [0.5, 0.6) is 0 Å². The maximum absolute atomic E-state index is 12.2. The molecular weight excluding hydrogens is 264 g/mol. The minimum atomic E-state index is -0.244. The monoisotopic (exact) mass is 276 g/mol. The van der Waals surface area contributed by atoms with Gasteiger partial charge < -0.3 is 10.6 Å². The Hall–Kier alpha value is -2.14. The fraction of sp³-hybridized carbons (Fsp3) is 0.154. The topological polar surface area (TPSA) is 66.9 Å². The highest BCUT2D eigenvalue weighted by molar-refractivity contribution is 6.29. The fourth-order valence-electron chi connectivity index (χ4n) is 1.61. The molecule has 19 heavy (non-hydrogen) atoms. The summed E-state index contributed by atoms with van der Waals surface area (Å²) in [6, 6.07) is 8.77. The number of aromatic nitrogens is 2.